The number of anilines is 1. The van der Waals surface area contributed by atoms with Gasteiger partial charge in [-0.05, 0) is 39.0 Å². The number of hydrogen-bond donors (Lipinski definition) is 1. The molecule has 0 spiro atoms. The van der Waals surface area contributed by atoms with Crippen LogP contribution in [0.15, 0.2) is 59.8 Å². The standard InChI is InChI=1S/C22H23FN4O/c1-4-26(5-2)21(28)19-14(3)24-22-25-17-12-8-9-13-18(17)27(22)20(19)15-10-6-7-11-16(15)23/h6-13,20H,4-5H2,1-3H3,(H,24,25)/t20-/m0/s1. The molecule has 0 fully saturated rings. The normalized spacial score (nSPS) is 16.1. The van der Waals surface area contributed by atoms with Crippen molar-refractivity contribution in [3.05, 3.63) is 71.2 Å². The van der Waals surface area contributed by atoms with E-state index in [-0.39, 0.29) is 11.7 Å². The van der Waals surface area contributed by atoms with E-state index in [2.05, 4.69) is 10.3 Å². The van der Waals surface area contributed by atoms with E-state index < -0.39 is 6.04 Å². The number of amides is 1. The number of carbonyl (C=O) groups excluding carboxylic acids is 1. The Kier molecular flexibility index (Phi) is 4.63. The fourth-order valence-electron chi connectivity index (χ4n) is 3.91. The highest BCUT2D eigenvalue weighted by atomic mass is 19.1. The number of nitrogens with one attached hydrogen (secondary N) is 1. The molecule has 2 heterocycles. The number of halogens is 1. The van der Waals surface area contributed by atoms with Crippen molar-refractivity contribution in [2.75, 3.05) is 18.4 Å². The second-order valence-electron chi connectivity index (χ2n) is 6.86. The van der Waals surface area contributed by atoms with Gasteiger partial charge in [-0.15, -0.1) is 0 Å². The third kappa shape index (κ3) is 2.76. The third-order valence-corrected chi connectivity index (χ3v) is 5.31. The Hall–Kier alpha value is -3.15. The van der Waals surface area contributed by atoms with Crippen LogP contribution in [0.1, 0.15) is 32.4 Å². The maximum Gasteiger partial charge on any atom is 0.253 e. The van der Waals surface area contributed by atoms with Crippen LogP contribution in [0.2, 0.25) is 0 Å². The van der Waals surface area contributed by atoms with Crippen LogP contribution in [0.4, 0.5) is 10.3 Å². The van der Waals surface area contributed by atoms with Gasteiger partial charge in [0.1, 0.15) is 5.82 Å². The molecule has 0 unspecified atom stereocenters. The molecule has 2 aromatic carbocycles. The van der Waals surface area contributed by atoms with Crippen molar-refractivity contribution < 1.29 is 9.18 Å². The summed E-state index contributed by atoms with van der Waals surface area (Å²) < 4.78 is 16.8. The van der Waals surface area contributed by atoms with Gasteiger partial charge in [0.2, 0.25) is 5.95 Å². The molecule has 1 amide bonds. The van der Waals surface area contributed by atoms with Crippen LogP contribution in [-0.4, -0.2) is 33.4 Å². The molecule has 1 aromatic heterocycles. The Balaban J connectivity index is 2.00. The lowest BCUT2D eigenvalue weighted by Crippen LogP contribution is -2.38. The van der Waals surface area contributed by atoms with Crippen LogP contribution in [0.25, 0.3) is 11.0 Å². The number of benzene rings is 2. The number of nitrogens with zero attached hydrogens (tertiary/aromatic N) is 3. The molecule has 1 aliphatic rings. The lowest BCUT2D eigenvalue weighted by molar-refractivity contribution is -0.127. The fourth-order valence-corrected chi connectivity index (χ4v) is 3.91. The molecule has 0 saturated heterocycles. The van der Waals surface area contributed by atoms with Crippen LogP contribution < -0.4 is 5.32 Å². The Bertz CT molecular complexity index is 1080. The first-order chi connectivity index (χ1) is 13.6. The molecule has 1 atom stereocenters. The minimum absolute atomic E-state index is 0.0910. The predicted molar refractivity (Wildman–Crippen MR) is 109 cm³/mol. The Morgan fingerprint density at radius 3 is 2.54 bits per heavy atom. The summed E-state index contributed by atoms with van der Waals surface area (Å²) in [4.78, 5) is 19.8. The predicted octanol–water partition coefficient (Wildman–Crippen LogP) is 4.33. The van der Waals surface area contributed by atoms with Gasteiger partial charge < -0.3 is 10.2 Å². The zero-order valence-electron chi connectivity index (χ0n) is 16.2. The first-order valence-electron chi connectivity index (χ1n) is 9.55. The molecule has 28 heavy (non-hydrogen) atoms. The lowest BCUT2D eigenvalue weighted by atomic mass is 9.93. The van der Waals surface area contributed by atoms with Gasteiger partial charge in [0.25, 0.3) is 5.91 Å². The summed E-state index contributed by atoms with van der Waals surface area (Å²) in [5.41, 5.74) is 3.37. The number of fused-ring (bicyclic) bond motifs is 3. The number of rotatable bonds is 4. The molecular weight excluding hydrogens is 355 g/mol. The maximum atomic E-state index is 14.9. The van der Waals surface area contributed by atoms with E-state index in [0.29, 0.717) is 35.9 Å². The van der Waals surface area contributed by atoms with E-state index in [0.717, 1.165) is 11.0 Å². The van der Waals surface area contributed by atoms with Gasteiger partial charge in [-0.2, -0.15) is 0 Å². The van der Waals surface area contributed by atoms with Crippen molar-refractivity contribution in [2.24, 2.45) is 0 Å². The second kappa shape index (κ2) is 7.11. The summed E-state index contributed by atoms with van der Waals surface area (Å²) in [6.07, 6.45) is 0. The first-order valence-corrected chi connectivity index (χ1v) is 9.55. The zero-order chi connectivity index (χ0) is 19.8. The number of likely N-dealkylation sites (N-methyl/N-ethyl adjacent to an activating group) is 1. The van der Waals surface area contributed by atoms with E-state index in [1.54, 1.807) is 23.1 Å². The highest BCUT2D eigenvalue weighted by Gasteiger charge is 2.36. The molecule has 5 nitrogen and oxygen atoms in total. The van der Waals surface area contributed by atoms with E-state index in [1.165, 1.54) is 6.07 Å². The van der Waals surface area contributed by atoms with Gasteiger partial charge in [0.15, 0.2) is 0 Å². The van der Waals surface area contributed by atoms with Gasteiger partial charge in [0, 0.05) is 24.4 Å². The molecule has 1 N–H and O–H groups in total. The highest BCUT2D eigenvalue weighted by molar-refractivity contribution is 5.97. The van der Waals surface area contributed by atoms with Crippen molar-refractivity contribution in [1.29, 1.82) is 0 Å². The minimum Gasteiger partial charge on any atom is -0.339 e. The quantitative estimate of drug-likeness (QED) is 0.735. The average Bonchev–Trinajstić information content (AvgIpc) is 3.06. The van der Waals surface area contributed by atoms with Crippen molar-refractivity contribution in [2.45, 2.75) is 26.8 Å². The van der Waals surface area contributed by atoms with Gasteiger partial charge in [0.05, 0.1) is 22.6 Å². The number of hydrogen-bond acceptors (Lipinski definition) is 3. The summed E-state index contributed by atoms with van der Waals surface area (Å²) in [5.74, 6) is 0.186. The summed E-state index contributed by atoms with van der Waals surface area (Å²) in [5, 5.41) is 3.26. The van der Waals surface area contributed by atoms with E-state index >= 15 is 0 Å². The maximum absolute atomic E-state index is 14.9. The average molecular weight is 378 g/mol. The molecule has 4 rings (SSSR count). The minimum atomic E-state index is -0.585. The molecule has 6 heteroatoms. The molecule has 0 bridgehead atoms. The summed E-state index contributed by atoms with van der Waals surface area (Å²) in [7, 11) is 0. The summed E-state index contributed by atoms with van der Waals surface area (Å²) in [6, 6.07) is 13.8. The molecule has 3 aromatic rings. The van der Waals surface area contributed by atoms with Crippen LogP contribution in [0.3, 0.4) is 0 Å². The summed E-state index contributed by atoms with van der Waals surface area (Å²) >= 11 is 0. The Morgan fingerprint density at radius 1 is 1.14 bits per heavy atom. The molecule has 1 aliphatic heterocycles. The number of carbonyl (C=O) groups is 1. The molecule has 0 radical (unpaired) electrons. The smallest absolute Gasteiger partial charge is 0.253 e. The highest BCUT2D eigenvalue weighted by Crippen LogP contribution is 2.40. The van der Waals surface area contributed by atoms with Crippen LogP contribution in [0, 0.1) is 5.82 Å². The van der Waals surface area contributed by atoms with E-state index in [1.807, 2.05) is 49.6 Å². The monoisotopic (exact) mass is 378 g/mol. The van der Waals surface area contributed by atoms with Gasteiger partial charge in [-0.3, -0.25) is 9.36 Å². The van der Waals surface area contributed by atoms with Gasteiger partial charge in [-0.25, -0.2) is 9.37 Å². The van der Waals surface area contributed by atoms with Crippen LogP contribution in [-0.2, 0) is 4.79 Å². The van der Waals surface area contributed by atoms with Crippen LogP contribution >= 0.6 is 0 Å². The zero-order valence-corrected chi connectivity index (χ0v) is 16.2. The fraction of sp³-hybridized carbons (Fsp3) is 0.273. The number of aromatic nitrogens is 2. The number of para-hydroxylation sites is 2. The number of imidazole rings is 1. The molecule has 0 saturated carbocycles. The lowest BCUT2D eigenvalue weighted by Gasteiger charge is -2.33. The topological polar surface area (TPSA) is 50.2 Å². The van der Waals surface area contributed by atoms with Crippen molar-refractivity contribution >= 4 is 22.9 Å². The van der Waals surface area contributed by atoms with Gasteiger partial charge >= 0.3 is 0 Å². The van der Waals surface area contributed by atoms with Crippen molar-refractivity contribution in [3.8, 4) is 0 Å². The van der Waals surface area contributed by atoms with Gasteiger partial charge in [-0.1, -0.05) is 30.3 Å². The molecule has 144 valence electrons. The van der Waals surface area contributed by atoms with Crippen LogP contribution in [0.5, 0.6) is 0 Å². The number of allylic oxidation sites excluding steroid dienone is 1. The third-order valence-electron chi connectivity index (χ3n) is 5.31. The van der Waals surface area contributed by atoms with Crippen molar-refractivity contribution in [3.63, 3.8) is 0 Å². The largest absolute Gasteiger partial charge is 0.339 e. The van der Waals surface area contributed by atoms with E-state index in [9.17, 15) is 9.18 Å². The Morgan fingerprint density at radius 2 is 1.82 bits per heavy atom. The molecular formula is C22H23FN4O. The van der Waals surface area contributed by atoms with Crippen molar-refractivity contribution in [1.82, 2.24) is 14.5 Å². The van der Waals surface area contributed by atoms with E-state index in [4.69, 9.17) is 0 Å². The first kappa shape index (κ1) is 18.2. The Labute approximate surface area is 163 Å². The second-order valence-corrected chi connectivity index (χ2v) is 6.86. The molecule has 0 aliphatic carbocycles. The summed E-state index contributed by atoms with van der Waals surface area (Å²) in [6.45, 7) is 6.93. The SMILES string of the molecule is CCN(CC)C(=O)C1=C(C)Nc2nc3ccccc3n2[C@H]1c1ccccc1F.